The summed E-state index contributed by atoms with van der Waals surface area (Å²) in [6.45, 7) is 4.12. The van der Waals surface area contributed by atoms with Crippen molar-refractivity contribution in [1.29, 1.82) is 5.41 Å². The maximum Gasteiger partial charge on any atom is 0.123 e. The maximum atomic E-state index is 7.54. The highest BCUT2D eigenvalue weighted by Gasteiger charge is 2.13. The lowest BCUT2D eigenvalue weighted by Gasteiger charge is -2.28. The average molecular weight is 302 g/mol. The molecular formula is C17H20ClN3. The van der Waals surface area contributed by atoms with Crippen molar-refractivity contribution in [2.75, 3.05) is 11.9 Å². The number of hydrogen-bond acceptors (Lipinski definition) is 2. The third-order valence-electron chi connectivity index (χ3n) is 3.84. The van der Waals surface area contributed by atoms with Crippen molar-refractivity contribution in [2.24, 2.45) is 5.73 Å². The van der Waals surface area contributed by atoms with E-state index in [0.717, 1.165) is 21.8 Å². The van der Waals surface area contributed by atoms with E-state index in [0.29, 0.717) is 0 Å². The Labute approximate surface area is 130 Å². The lowest BCUT2D eigenvalue weighted by atomic mass is 10.0. The van der Waals surface area contributed by atoms with Crippen LogP contribution in [0.15, 0.2) is 42.5 Å². The van der Waals surface area contributed by atoms with E-state index in [-0.39, 0.29) is 11.9 Å². The van der Waals surface area contributed by atoms with E-state index in [4.69, 9.17) is 22.7 Å². The van der Waals surface area contributed by atoms with Gasteiger partial charge in [0, 0.05) is 23.3 Å². The van der Waals surface area contributed by atoms with Crippen molar-refractivity contribution in [3.05, 3.63) is 64.2 Å². The van der Waals surface area contributed by atoms with Crippen LogP contribution in [0.25, 0.3) is 0 Å². The molecule has 3 N–H and O–H groups in total. The first-order valence-electron chi connectivity index (χ1n) is 6.83. The molecule has 0 bridgehead atoms. The fourth-order valence-electron chi connectivity index (χ4n) is 2.36. The lowest BCUT2D eigenvalue weighted by molar-refractivity contribution is 0.739. The number of nitrogens with two attached hydrogens (primary N) is 1. The van der Waals surface area contributed by atoms with Crippen LogP contribution < -0.4 is 10.6 Å². The number of hydrogen-bond donors (Lipinski definition) is 2. The molecule has 2 aromatic carbocycles. The van der Waals surface area contributed by atoms with Crippen molar-refractivity contribution in [3.8, 4) is 0 Å². The summed E-state index contributed by atoms with van der Waals surface area (Å²) < 4.78 is 0. The van der Waals surface area contributed by atoms with Crippen LogP contribution in [0.1, 0.15) is 29.7 Å². The summed E-state index contributed by atoms with van der Waals surface area (Å²) in [7, 11) is 2.06. The number of nitrogens with zero attached hydrogens (tertiary/aromatic N) is 1. The highest BCUT2D eigenvalue weighted by Crippen LogP contribution is 2.27. The third kappa shape index (κ3) is 3.37. The molecule has 0 fully saturated rings. The molecule has 2 aromatic rings. The van der Waals surface area contributed by atoms with Gasteiger partial charge in [-0.3, -0.25) is 5.41 Å². The normalized spacial score (nSPS) is 12.0. The number of aryl methyl sites for hydroxylation is 1. The molecule has 2 rings (SSSR count). The molecule has 0 aliphatic heterocycles. The van der Waals surface area contributed by atoms with E-state index < -0.39 is 0 Å². The van der Waals surface area contributed by atoms with Crippen LogP contribution >= 0.6 is 11.6 Å². The number of nitrogen functional groups attached to an aromatic ring is 1. The number of amidine groups is 1. The number of nitrogens with one attached hydrogen (secondary N) is 1. The van der Waals surface area contributed by atoms with E-state index in [1.54, 1.807) is 0 Å². The fraction of sp³-hybridized carbons (Fsp3) is 0.235. The zero-order chi connectivity index (χ0) is 15.6. The number of rotatable bonds is 4. The molecule has 21 heavy (non-hydrogen) atoms. The van der Waals surface area contributed by atoms with Crippen molar-refractivity contribution >= 4 is 23.1 Å². The van der Waals surface area contributed by atoms with E-state index in [2.05, 4.69) is 24.9 Å². The van der Waals surface area contributed by atoms with Gasteiger partial charge in [-0.1, -0.05) is 23.7 Å². The van der Waals surface area contributed by atoms with Crippen LogP contribution in [-0.4, -0.2) is 12.9 Å². The molecule has 0 saturated heterocycles. The van der Waals surface area contributed by atoms with Crippen molar-refractivity contribution in [3.63, 3.8) is 0 Å². The quantitative estimate of drug-likeness (QED) is 0.659. The predicted octanol–water partition coefficient (Wildman–Crippen LogP) is 4.13. The number of anilines is 1. The Bertz CT molecular complexity index is 650. The second-order valence-electron chi connectivity index (χ2n) is 5.25. The Kier molecular flexibility index (Phi) is 4.53. The van der Waals surface area contributed by atoms with Gasteiger partial charge in [-0.05, 0) is 55.3 Å². The van der Waals surface area contributed by atoms with Gasteiger partial charge < -0.3 is 10.6 Å². The van der Waals surface area contributed by atoms with Gasteiger partial charge >= 0.3 is 0 Å². The summed E-state index contributed by atoms with van der Waals surface area (Å²) in [5.41, 5.74) is 9.66. The Morgan fingerprint density at radius 2 is 1.81 bits per heavy atom. The van der Waals surface area contributed by atoms with Crippen molar-refractivity contribution in [1.82, 2.24) is 0 Å². The van der Waals surface area contributed by atoms with Crippen molar-refractivity contribution < 1.29 is 0 Å². The van der Waals surface area contributed by atoms with Gasteiger partial charge in [0.05, 0.1) is 6.04 Å². The van der Waals surface area contributed by atoms with Gasteiger partial charge in [-0.25, -0.2) is 0 Å². The second kappa shape index (κ2) is 6.19. The highest BCUT2D eigenvalue weighted by atomic mass is 35.5. The first-order valence-corrected chi connectivity index (χ1v) is 7.21. The average Bonchev–Trinajstić information content (AvgIpc) is 2.46. The SMILES string of the molecule is Cc1cc(N(C)C(C)c2ccc(Cl)cc2)ccc1C(=N)N. The standard InChI is InChI=1S/C17H20ClN3/c1-11-10-15(8-9-16(11)17(19)20)21(3)12(2)13-4-6-14(18)7-5-13/h4-10,12H,1-3H3,(H3,19,20). The van der Waals surface area contributed by atoms with Gasteiger partial charge in [0.25, 0.3) is 0 Å². The van der Waals surface area contributed by atoms with Crippen LogP contribution in [0.2, 0.25) is 5.02 Å². The minimum absolute atomic E-state index is 0.104. The molecule has 0 amide bonds. The molecule has 1 unspecified atom stereocenters. The molecule has 0 aliphatic rings. The zero-order valence-electron chi connectivity index (χ0n) is 12.5. The molecule has 1 atom stereocenters. The summed E-state index contributed by atoms with van der Waals surface area (Å²) in [6.07, 6.45) is 0. The Morgan fingerprint density at radius 1 is 1.19 bits per heavy atom. The van der Waals surface area contributed by atoms with Crippen LogP contribution in [-0.2, 0) is 0 Å². The monoisotopic (exact) mass is 301 g/mol. The van der Waals surface area contributed by atoms with E-state index in [9.17, 15) is 0 Å². The van der Waals surface area contributed by atoms with Crippen LogP contribution in [0.3, 0.4) is 0 Å². The molecule has 3 nitrogen and oxygen atoms in total. The Morgan fingerprint density at radius 3 is 2.33 bits per heavy atom. The molecule has 0 aliphatic carbocycles. The summed E-state index contributed by atoms with van der Waals surface area (Å²) in [5.74, 6) is 0.104. The zero-order valence-corrected chi connectivity index (χ0v) is 13.3. The van der Waals surface area contributed by atoms with Crippen LogP contribution in [0.4, 0.5) is 5.69 Å². The van der Waals surface area contributed by atoms with Gasteiger partial charge in [0.15, 0.2) is 0 Å². The largest absolute Gasteiger partial charge is 0.384 e. The molecule has 0 heterocycles. The molecule has 0 radical (unpaired) electrons. The summed E-state index contributed by atoms with van der Waals surface area (Å²) in [4.78, 5) is 2.19. The van der Waals surface area contributed by atoms with E-state index in [1.807, 2.05) is 43.3 Å². The molecule has 0 aromatic heterocycles. The molecule has 0 spiro atoms. The first kappa shape index (κ1) is 15.4. The molecule has 0 saturated carbocycles. The summed E-state index contributed by atoms with van der Waals surface area (Å²) in [6, 6.07) is 14.1. The van der Waals surface area contributed by atoms with E-state index >= 15 is 0 Å². The second-order valence-corrected chi connectivity index (χ2v) is 5.69. The maximum absolute atomic E-state index is 7.54. The summed E-state index contributed by atoms with van der Waals surface area (Å²) in [5, 5.41) is 8.29. The van der Waals surface area contributed by atoms with Crippen LogP contribution in [0.5, 0.6) is 0 Å². The van der Waals surface area contributed by atoms with Gasteiger partial charge in [-0.2, -0.15) is 0 Å². The smallest absolute Gasteiger partial charge is 0.123 e. The lowest BCUT2D eigenvalue weighted by Crippen LogP contribution is -2.22. The van der Waals surface area contributed by atoms with Crippen LogP contribution in [0, 0.1) is 12.3 Å². The minimum atomic E-state index is 0.104. The number of halogens is 1. The molecular weight excluding hydrogens is 282 g/mol. The van der Waals surface area contributed by atoms with Gasteiger partial charge in [0.2, 0.25) is 0 Å². The first-order chi connectivity index (χ1) is 9.90. The molecule has 4 heteroatoms. The number of benzene rings is 2. The Balaban J connectivity index is 2.27. The van der Waals surface area contributed by atoms with E-state index in [1.165, 1.54) is 5.56 Å². The minimum Gasteiger partial charge on any atom is -0.384 e. The topological polar surface area (TPSA) is 53.1 Å². The fourth-order valence-corrected chi connectivity index (χ4v) is 2.48. The molecule has 110 valence electrons. The third-order valence-corrected chi connectivity index (χ3v) is 4.09. The summed E-state index contributed by atoms with van der Waals surface area (Å²) >= 11 is 5.94. The predicted molar refractivity (Wildman–Crippen MR) is 90.5 cm³/mol. The van der Waals surface area contributed by atoms with Gasteiger partial charge in [0.1, 0.15) is 5.84 Å². The Hall–Kier alpha value is -2.00. The van der Waals surface area contributed by atoms with Crippen molar-refractivity contribution in [2.45, 2.75) is 19.9 Å². The highest BCUT2D eigenvalue weighted by molar-refractivity contribution is 6.30. The van der Waals surface area contributed by atoms with Gasteiger partial charge in [-0.15, -0.1) is 0 Å².